The SMILES string of the molecule is COC(=O)N/C=C\c1ccccc1OC. The van der Waals surface area contributed by atoms with Crippen LogP contribution in [0.5, 0.6) is 5.75 Å². The lowest BCUT2D eigenvalue weighted by molar-refractivity contribution is 0.175. The Morgan fingerprint density at radius 2 is 2.07 bits per heavy atom. The highest BCUT2D eigenvalue weighted by Gasteiger charge is 1.97. The molecule has 0 bridgehead atoms. The van der Waals surface area contributed by atoms with Gasteiger partial charge in [0.05, 0.1) is 14.2 Å². The second-order valence-electron chi connectivity index (χ2n) is 2.71. The Bertz CT molecular complexity index is 361. The van der Waals surface area contributed by atoms with Crippen LogP contribution in [-0.2, 0) is 4.74 Å². The van der Waals surface area contributed by atoms with Crippen LogP contribution in [0.1, 0.15) is 5.56 Å². The lowest BCUT2D eigenvalue weighted by Crippen LogP contribution is -2.15. The topological polar surface area (TPSA) is 47.6 Å². The lowest BCUT2D eigenvalue weighted by Gasteiger charge is -2.03. The van der Waals surface area contributed by atoms with Crippen molar-refractivity contribution in [3.63, 3.8) is 0 Å². The summed E-state index contributed by atoms with van der Waals surface area (Å²) in [5.74, 6) is 0.750. The van der Waals surface area contributed by atoms with Crippen molar-refractivity contribution in [1.82, 2.24) is 5.32 Å². The molecule has 0 saturated carbocycles. The maximum absolute atomic E-state index is 10.7. The number of para-hydroxylation sites is 1. The van der Waals surface area contributed by atoms with Gasteiger partial charge < -0.3 is 9.47 Å². The van der Waals surface area contributed by atoms with E-state index in [2.05, 4.69) is 10.1 Å². The van der Waals surface area contributed by atoms with Gasteiger partial charge in [-0.15, -0.1) is 0 Å². The highest BCUT2D eigenvalue weighted by Crippen LogP contribution is 2.18. The van der Waals surface area contributed by atoms with Gasteiger partial charge in [-0.2, -0.15) is 0 Å². The quantitative estimate of drug-likeness (QED) is 0.824. The number of ether oxygens (including phenoxy) is 2. The van der Waals surface area contributed by atoms with E-state index in [0.29, 0.717) is 0 Å². The first kappa shape index (κ1) is 11.1. The van der Waals surface area contributed by atoms with E-state index in [1.54, 1.807) is 13.2 Å². The molecule has 0 radical (unpaired) electrons. The number of alkyl carbamates (subject to hydrolysis) is 1. The van der Waals surface area contributed by atoms with E-state index in [-0.39, 0.29) is 0 Å². The summed E-state index contributed by atoms with van der Waals surface area (Å²) in [5.41, 5.74) is 0.886. The molecule has 15 heavy (non-hydrogen) atoms. The van der Waals surface area contributed by atoms with Crippen molar-refractivity contribution >= 4 is 12.2 Å². The Labute approximate surface area is 88.5 Å². The van der Waals surface area contributed by atoms with Crippen molar-refractivity contribution < 1.29 is 14.3 Å². The third-order valence-corrected chi connectivity index (χ3v) is 1.79. The van der Waals surface area contributed by atoms with Crippen LogP contribution in [0.25, 0.3) is 6.08 Å². The summed E-state index contributed by atoms with van der Waals surface area (Å²) < 4.78 is 9.55. The third kappa shape index (κ3) is 3.34. The van der Waals surface area contributed by atoms with Gasteiger partial charge in [0.2, 0.25) is 0 Å². The molecule has 1 aromatic rings. The summed E-state index contributed by atoms with van der Waals surface area (Å²) in [5, 5.41) is 2.43. The predicted molar refractivity (Wildman–Crippen MR) is 57.6 cm³/mol. The maximum atomic E-state index is 10.7. The summed E-state index contributed by atoms with van der Waals surface area (Å²) in [6.45, 7) is 0. The molecule has 0 spiro atoms. The molecule has 1 aromatic carbocycles. The molecule has 0 aliphatic carbocycles. The maximum Gasteiger partial charge on any atom is 0.410 e. The molecule has 0 aliphatic rings. The summed E-state index contributed by atoms with van der Waals surface area (Å²) in [7, 11) is 2.91. The number of hydrogen-bond acceptors (Lipinski definition) is 3. The number of rotatable bonds is 3. The molecule has 0 unspecified atom stereocenters. The zero-order chi connectivity index (χ0) is 11.1. The molecule has 0 aliphatic heterocycles. The smallest absolute Gasteiger partial charge is 0.410 e. The number of amides is 1. The van der Waals surface area contributed by atoms with Crippen molar-refractivity contribution in [2.24, 2.45) is 0 Å². The van der Waals surface area contributed by atoms with Gasteiger partial charge in [-0.1, -0.05) is 18.2 Å². The number of nitrogens with one attached hydrogen (secondary N) is 1. The molecule has 0 fully saturated rings. The molecule has 1 rings (SSSR count). The Kier molecular flexibility index (Phi) is 4.22. The van der Waals surface area contributed by atoms with Gasteiger partial charge in [-0.05, 0) is 12.1 Å². The van der Waals surface area contributed by atoms with Crippen LogP contribution in [-0.4, -0.2) is 20.3 Å². The summed E-state index contributed by atoms with van der Waals surface area (Å²) >= 11 is 0. The highest BCUT2D eigenvalue weighted by molar-refractivity contribution is 5.70. The number of carbonyl (C=O) groups is 1. The molecule has 80 valence electrons. The van der Waals surface area contributed by atoms with Crippen LogP contribution in [0.4, 0.5) is 4.79 Å². The Balaban J connectivity index is 2.67. The van der Waals surface area contributed by atoms with E-state index < -0.39 is 6.09 Å². The van der Waals surface area contributed by atoms with Crippen molar-refractivity contribution in [1.29, 1.82) is 0 Å². The van der Waals surface area contributed by atoms with Gasteiger partial charge in [-0.3, -0.25) is 5.32 Å². The fourth-order valence-electron chi connectivity index (χ4n) is 1.06. The standard InChI is InChI=1S/C11H13NO3/c1-14-10-6-4-3-5-9(10)7-8-12-11(13)15-2/h3-8H,1-2H3,(H,12,13)/b8-7-. The van der Waals surface area contributed by atoms with Gasteiger partial charge in [0.1, 0.15) is 5.75 Å². The zero-order valence-corrected chi connectivity index (χ0v) is 8.69. The Morgan fingerprint density at radius 3 is 2.73 bits per heavy atom. The second-order valence-corrected chi connectivity index (χ2v) is 2.71. The molecule has 4 heteroatoms. The molecule has 0 saturated heterocycles. The number of carbonyl (C=O) groups excluding carboxylic acids is 1. The van der Waals surface area contributed by atoms with Gasteiger partial charge in [0.25, 0.3) is 0 Å². The van der Waals surface area contributed by atoms with Crippen molar-refractivity contribution in [3.8, 4) is 5.75 Å². The summed E-state index contributed by atoms with van der Waals surface area (Å²) in [6, 6.07) is 7.50. The van der Waals surface area contributed by atoms with Crippen LogP contribution in [0.3, 0.4) is 0 Å². The van der Waals surface area contributed by atoms with E-state index >= 15 is 0 Å². The largest absolute Gasteiger partial charge is 0.496 e. The van der Waals surface area contributed by atoms with Gasteiger partial charge in [-0.25, -0.2) is 4.79 Å². The monoisotopic (exact) mass is 207 g/mol. The fourth-order valence-corrected chi connectivity index (χ4v) is 1.06. The minimum Gasteiger partial charge on any atom is -0.496 e. The van der Waals surface area contributed by atoms with E-state index in [4.69, 9.17) is 4.74 Å². The minimum absolute atomic E-state index is 0.499. The van der Waals surface area contributed by atoms with Gasteiger partial charge >= 0.3 is 6.09 Å². The van der Waals surface area contributed by atoms with Gasteiger partial charge in [0.15, 0.2) is 0 Å². The van der Waals surface area contributed by atoms with Gasteiger partial charge in [0, 0.05) is 11.8 Å². The second kappa shape index (κ2) is 5.70. The first-order valence-corrected chi connectivity index (χ1v) is 4.42. The average Bonchev–Trinajstić information content (AvgIpc) is 2.29. The van der Waals surface area contributed by atoms with Crippen molar-refractivity contribution in [2.75, 3.05) is 14.2 Å². The van der Waals surface area contributed by atoms with E-state index in [9.17, 15) is 4.79 Å². The molecule has 0 heterocycles. The Hall–Kier alpha value is -1.97. The van der Waals surface area contributed by atoms with Crippen LogP contribution in [0.2, 0.25) is 0 Å². The number of hydrogen-bond donors (Lipinski definition) is 1. The van der Waals surface area contributed by atoms with E-state index in [0.717, 1.165) is 11.3 Å². The van der Waals surface area contributed by atoms with E-state index in [1.165, 1.54) is 13.3 Å². The van der Waals surface area contributed by atoms with Crippen LogP contribution < -0.4 is 10.1 Å². The fraction of sp³-hybridized carbons (Fsp3) is 0.182. The average molecular weight is 207 g/mol. The first-order valence-electron chi connectivity index (χ1n) is 4.42. The normalized spacial score (nSPS) is 10.0. The Morgan fingerprint density at radius 1 is 1.33 bits per heavy atom. The number of benzene rings is 1. The predicted octanol–water partition coefficient (Wildman–Crippen LogP) is 2.02. The summed E-state index contributed by atoms with van der Waals surface area (Å²) in [4.78, 5) is 10.7. The van der Waals surface area contributed by atoms with E-state index in [1.807, 2.05) is 24.3 Å². The molecule has 0 aromatic heterocycles. The van der Waals surface area contributed by atoms with Crippen LogP contribution in [0, 0.1) is 0 Å². The van der Waals surface area contributed by atoms with Crippen LogP contribution >= 0.6 is 0 Å². The third-order valence-electron chi connectivity index (χ3n) is 1.79. The van der Waals surface area contributed by atoms with Crippen molar-refractivity contribution in [2.45, 2.75) is 0 Å². The van der Waals surface area contributed by atoms with Crippen LogP contribution in [0.15, 0.2) is 30.5 Å². The number of methoxy groups -OCH3 is 2. The zero-order valence-electron chi connectivity index (χ0n) is 8.69. The summed E-state index contributed by atoms with van der Waals surface area (Å²) in [6.07, 6.45) is 2.74. The van der Waals surface area contributed by atoms with Crippen molar-refractivity contribution in [3.05, 3.63) is 36.0 Å². The molecular formula is C11H13NO3. The lowest BCUT2D eigenvalue weighted by atomic mass is 10.2. The molecule has 1 N–H and O–H groups in total. The first-order chi connectivity index (χ1) is 7.27. The molecular weight excluding hydrogens is 194 g/mol. The molecule has 0 atom stereocenters. The highest BCUT2D eigenvalue weighted by atomic mass is 16.5. The molecule has 4 nitrogen and oxygen atoms in total. The minimum atomic E-state index is -0.499. The molecule has 1 amide bonds.